The third kappa shape index (κ3) is 4.28. The van der Waals surface area contributed by atoms with Crippen molar-refractivity contribution in [2.45, 2.75) is 30.0 Å². The first-order valence-electron chi connectivity index (χ1n) is 5.74. The first-order valence-corrected chi connectivity index (χ1v) is 8.55. The van der Waals surface area contributed by atoms with Crippen molar-refractivity contribution in [3.05, 3.63) is 33.9 Å². The molecule has 0 aliphatic heterocycles. The Bertz CT molecular complexity index is 583. The van der Waals surface area contributed by atoms with Crippen LogP contribution in [0.2, 0.25) is 0 Å². The highest BCUT2D eigenvalue weighted by Crippen LogP contribution is 2.27. The maximum atomic E-state index is 11.4. The van der Waals surface area contributed by atoms with E-state index in [4.69, 9.17) is 0 Å². The smallest absolute Gasteiger partial charge is 0.258 e. The lowest BCUT2D eigenvalue weighted by Gasteiger charge is -2.14. The summed E-state index contributed by atoms with van der Waals surface area (Å²) in [6, 6.07) is 4.06. The molecule has 1 rings (SSSR count). The van der Waals surface area contributed by atoms with E-state index in [0.29, 0.717) is 17.9 Å². The van der Waals surface area contributed by atoms with E-state index in [9.17, 15) is 18.5 Å². The molecule has 0 fully saturated rings. The summed E-state index contributed by atoms with van der Waals surface area (Å²) in [6.07, 6.45) is 1.52. The van der Waals surface area contributed by atoms with Crippen molar-refractivity contribution < 1.29 is 13.3 Å². The summed E-state index contributed by atoms with van der Waals surface area (Å²) in [7, 11) is -3.44. The maximum Gasteiger partial charge on any atom is 0.273 e. The average Bonchev–Trinajstić information content (AvgIpc) is 2.27. The van der Waals surface area contributed by atoms with Crippen LogP contribution >= 0.6 is 15.9 Å². The zero-order valence-corrected chi connectivity index (χ0v) is 13.4. The van der Waals surface area contributed by atoms with Crippen LogP contribution in [0.25, 0.3) is 0 Å². The van der Waals surface area contributed by atoms with E-state index in [1.54, 1.807) is 0 Å². The quantitative estimate of drug-likeness (QED) is 0.465. The van der Waals surface area contributed by atoms with Crippen LogP contribution in [0.15, 0.2) is 23.1 Å². The van der Waals surface area contributed by atoms with Gasteiger partial charge in [0.15, 0.2) is 9.84 Å². The summed E-state index contributed by atoms with van der Waals surface area (Å²) in [5.74, 6) is 0.328. The lowest BCUT2D eigenvalue weighted by atomic mass is 10.0. The summed E-state index contributed by atoms with van der Waals surface area (Å²) in [4.78, 5) is 10.6. The number of hydrogen-bond donors (Lipinski definition) is 0. The Labute approximate surface area is 121 Å². The highest BCUT2D eigenvalue weighted by molar-refractivity contribution is 9.09. The second kappa shape index (κ2) is 6.00. The van der Waals surface area contributed by atoms with Gasteiger partial charge in [-0.1, -0.05) is 35.8 Å². The van der Waals surface area contributed by atoms with Gasteiger partial charge in [-0.25, -0.2) is 8.42 Å². The molecule has 1 atom stereocenters. The van der Waals surface area contributed by atoms with Gasteiger partial charge in [-0.05, 0) is 18.4 Å². The Kier molecular flexibility index (Phi) is 5.09. The van der Waals surface area contributed by atoms with E-state index in [1.807, 2.05) is 13.8 Å². The fraction of sp³-hybridized carbons (Fsp3) is 0.500. The van der Waals surface area contributed by atoms with E-state index in [-0.39, 0.29) is 15.4 Å². The van der Waals surface area contributed by atoms with Crippen molar-refractivity contribution in [3.63, 3.8) is 0 Å². The lowest BCUT2D eigenvalue weighted by Crippen LogP contribution is -2.12. The van der Waals surface area contributed by atoms with Crippen molar-refractivity contribution >= 4 is 31.5 Å². The van der Waals surface area contributed by atoms with E-state index in [2.05, 4.69) is 15.9 Å². The van der Waals surface area contributed by atoms with Gasteiger partial charge >= 0.3 is 0 Å². The molecule has 19 heavy (non-hydrogen) atoms. The minimum Gasteiger partial charge on any atom is -0.258 e. The molecule has 1 aromatic rings. The number of halogens is 1. The first kappa shape index (κ1) is 16.1. The lowest BCUT2D eigenvalue weighted by molar-refractivity contribution is -0.385. The van der Waals surface area contributed by atoms with Gasteiger partial charge in [-0.3, -0.25) is 10.1 Å². The minimum absolute atomic E-state index is 0.0291. The predicted molar refractivity (Wildman–Crippen MR) is 77.5 cm³/mol. The number of nitro groups is 1. The van der Waals surface area contributed by atoms with Gasteiger partial charge in [-0.15, -0.1) is 0 Å². The Balaban J connectivity index is 3.24. The second-order valence-corrected chi connectivity index (χ2v) is 7.98. The highest BCUT2D eigenvalue weighted by Gasteiger charge is 2.21. The standard InChI is InChI=1S/C12H16BrNO4S/c1-8(2)11(13)6-9-4-5-10(19(3,17)18)7-12(9)14(15)16/h4-5,7-8,11H,6H2,1-3H3. The molecule has 5 nitrogen and oxygen atoms in total. The van der Waals surface area contributed by atoms with Crippen LogP contribution in [-0.2, 0) is 16.3 Å². The maximum absolute atomic E-state index is 11.4. The first-order chi connectivity index (χ1) is 8.62. The van der Waals surface area contributed by atoms with Crippen LogP contribution in [0.3, 0.4) is 0 Å². The van der Waals surface area contributed by atoms with Gasteiger partial charge < -0.3 is 0 Å². The van der Waals surface area contributed by atoms with E-state index in [1.165, 1.54) is 12.1 Å². The number of alkyl halides is 1. The van der Waals surface area contributed by atoms with Gasteiger partial charge in [0.2, 0.25) is 0 Å². The van der Waals surface area contributed by atoms with E-state index < -0.39 is 14.8 Å². The van der Waals surface area contributed by atoms with Crippen molar-refractivity contribution in [3.8, 4) is 0 Å². The molecule has 0 bridgehead atoms. The molecule has 0 heterocycles. The fourth-order valence-electron chi connectivity index (χ4n) is 1.56. The summed E-state index contributed by atoms with van der Waals surface area (Å²) in [5.41, 5.74) is 0.390. The number of nitro benzene ring substituents is 1. The van der Waals surface area contributed by atoms with Crippen molar-refractivity contribution in [2.24, 2.45) is 5.92 Å². The van der Waals surface area contributed by atoms with Gasteiger partial charge in [0.25, 0.3) is 5.69 Å². The Morgan fingerprint density at radius 2 is 1.95 bits per heavy atom. The normalized spacial score (nSPS) is 13.5. The Morgan fingerprint density at radius 3 is 2.37 bits per heavy atom. The summed E-state index contributed by atoms with van der Waals surface area (Å²) < 4.78 is 22.8. The van der Waals surface area contributed by atoms with E-state index in [0.717, 1.165) is 12.3 Å². The molecule has 0 aromatic heterocycles. The highest BCUT2D eigenvalue weighted by atomic mass is 79.9. The number of rotatable bonds is 5. The number of nitrogens with zero attached hydrogens (tertiary/aromatic N) is 1. The van der Waals surface area contributed by atoms with Crippen molar-refractivity contribution in [1.29, 1.82) is 0 Å². The third-order valence-corrected chi connectivity index (χ3v) is 5.31. The SMILES string of the molecule is CC(C)C(Br)Cc1ccc(S(C)(=O)=O)cc1[N+](=O)[O-]. The molecule has 0 saturated carbocycles. The molecule has 0 radical (unpaired) electrons. The van der Waals surface area contributed by atoms with Gasteiger partial charge in [0, 0.05) is 22.7 Å². The Morgan fingerprint density at radius 1 is 1.37 bits per heavy atom. The van der Waals surface area contributed by atoms with Crippen LogP contribution in [0, 0.1) is 16.0 Å². The number of hydrogen-bond acceptors (Lipinski definition) is 4. The fourth-order valence-corrected chi connectivity index (χ4v) is 2.55. The molecule has 106 valence electrons. The predicted octanol–water partition coefficient (Wildman–Crippen LogP) is 2.96. The van der Waals surface area contributed by atoms with Crippen LogP contribution in [0.1, 0.15) is 19.4 Å². The monoisotopic (exact) mass is 349 g/mol. The van der Waals surface area contributed by atoms with Gasteiger partial charge in [0.1, 0.15) is 0 Å². The molecule has 0 saturated heterocycles. The van der Waals surface area contributed by atoms with Crippen molar-refractivity contribution in [2.75, 3.05) is 6.26 Å². The van der Waals surface area contributed by atoms with Crippen LogP contribution in [0.5, 0.6) is 0 Å². The molecule has 1 unspecified atom stereocenters. The zero-order valence-electron chi connectivity index (χ0n) is 11.0. The largest absolute Gasteiger partial charge is 0.273 e. The molecule has 7 heteroatoms. The third-order valence-electron chi connectivity index (χ3n) is 2.82. The molecule has 0 aliphatic carbocycles. The Hall–Kier alpha value is -0.950. The molecular formula is C12H16BrNO4S. The summed E-state index contributed by atoms with van der Waals surface area (Å²) in [5, 5.41) is 11.0. The van der Waals surface area contributed by atoms with Crippen LogP contribution < -0.4 is 0 Å². The van der Waals surface area contributed by atoms with Gasteiger partial charge in [-0.2, -0.15) is 0 Å². The topological polar surface area (TPSA) is 77.3 Å². The second-order valence-electron chi connectivity index (χ2n) is 4.78. The molecule has 0 amide bonds. The number of benzene rings is 1. The molecule has 1 aromatic carbocycles. The number of sulfone groups is 1. The minimum atomic E-state index is -3.44. The molecule has 0 N–H and O–H groups in total. The molecule has 0 spiro atoms. The summed E-state index contributed by atoms with van der Waals surface area (Å²) >= 11 is 3.48. The molecular weight excluding hydrogens is 334 g/mol. The van der Waals surface area contributed by atoms with Gasteiger partial charge in [0.05, 0.1) is 9.82 Å². The van der Waals surface area contributed by atoms with E-state index >= 15 is 0 Å². The van der Waals surface area contributed by atoms with Crippen molar-refractivity contribution in [1.82, 2.24) is 0 Å². The molecule has 0 aliphatic rings. The van der Waals surface area contributed by atoms with Crippen LogP contribution in [-0.4, -0.2) is 24.4 Å². The summed E-state index contributed by atoms with van der Waals surface area (Å²) in [6.45, 7) is 4.02. The zero-order chi connectivity index (χ0) is 14.8. The average molecular weight is 350 g/mol. The van der Waals surface area contributed by atoms with Crippen LogP contribution in [0.4, 0.5) is 5.69 Å².